The van der Waals surface area contributed by atoms with Crippen LogP contribution in [0.15, 0.2) is 11.6 Å². The van der Waals surface area contributed by atoms with Crippen LogP contribution in [0.5, 0.6) is 0 Å². The first-order valence-corrected chi connectivity index (χ1v) is 3.62. The summed E-state index contributed by atoms with van der Waals surface area (Å²) in [6.45, 7) is 3.02. The fraction of sp³-hybridized carbons (Fsp3) is 0.571. The van der Waals surface area contributed by atoms with Gasteiger partial charge in [0.05, 0.1) is 6.61 Å². The van der Waals surface area contributed by atoms with Crippen molar-refractivity contribution in [3.05, 3.63) is 11.6 Å². The molecule has 0 rings (SSSR count). The van der Waals surface area contributed by atoms with Crippen molar-refractivity contribution in [2.24, 2.45) is 0 Å². The van der Waals surface area contributed by atoms with Gasteiger partial charge < -0.3 is 4.74 Å². The lowest BCUT2D eigenvalue weighted by Crippen LogP contribution is -2.00. The summed E-state index contributed by atoms with van der Waals surface area (Å²) in [5.74, 6) is 0.00319. The molecular formula is C7H11ClO2. The van der Waals surface area contributed by atoms with Gasteiger partial charge in [-0.3, -0.25) is 4.79 Å². The molecule has 0 aromatic carbocycles. The van der Waals surface area contributed by atoms with E-state index in [1.807, 2.05) is 6.92 Å². The van der Waals surface area contributed by atoms with Gasteiger partial charge in [0.15, 0.2) is 5.78 Å². The molecular weight excluding hydrogens is 152 g/mol. The second-order valence-electron chi connectivity index (χ2n) is 1.71. The van der Waals surface area contributed by atoms with Crippen molar-refractivity contribution >= 4 is 17.4 Å². The summed E-state index contributed by atoms with van der Waals surface area (Å²) >= 11 is 5.17. The molecule has 0 spiro atoms. The molecule has 0 aliphatic rings. The Labute approximate surface area is 65.8 Å². The molecule has 2 nitrogen and oxygen atoms in total. The summed E-state index contributed by atoms with van der Waals surface area (Å²) in [6.07, 6.45) is 1.75. The van der Waals surface area contributed by atoms with Crippen molar-refractivity contribution in [3.8, 4) is 0 Å². The maximum Gasteiger partial charge on any atom is 0.158 e. The molecule has 0 radical (unpaired) electrons. The zero-order chi connectivity index (χ0) is 7.82. The monoisotopic (exact) mass is 162 g/mol. The minimum atomic E-state index is 0.00319. The molecule has 0 N–H and O–H groups in total. The molecule has 0 aromatic heterocycles. The van der Waals surface area contributed by atoms with E-state index in [0.717, 1.165) is 0 Å². The molecule has 0 heterocycles. The van der Waals surface area contributed by atoms with E-state index < -0.39 is 0 Å². The fourth-order valence-electron chi connectivity index (χ4n) is 0.471. The quantitative estimate of drug-likeness (QED) is 0.455. The van der Waals surface area contributed by atoms with Crippen molar-refractivity contribution in [1.29, 1.82) is 0 Å². The van der Waals surface area contributed by atoms with E-state index in [9.17, 15) is 4.79 Å². The SMILES string of the molecule is CCOCCC(=O)/C=C/Cl. The first-order chi connectivity index (χ1) is 4.81. The first kappa shape index (κ1) is 9.66. The van der Waals surface area contributed by atoms with Gasteiger partial charge in [-0.1, -0.05) is 11.6 Å². The van der Waals surface area contributed by atoms with E-state index in [0.29, 0.717) is 19.6 Å². The zero-order valence-corrected chi connectivity index (χ0v) is 6.73. The summed E-state index contributed by atoms with van der Waals surface area (Å²) < 4.78 is 4.95. The number of carbonyl (C=O) groups excluding carboxylic acids is 1. The third-order valence-electron chi connectivity index (χ3n) is 0.946. The van der Waals surface area contributed by atoms with Gasteiger partial charge in [0, 0.05) is 18.6 Å². The Morgan fingerprint density at radius 2 is 2.40 bits per heavy atom. The van der Waals surface area contributed by atoms with E-state index >= 15 is 0 Å². The molecule has 58 valence electrons. The Kier molecular flexibility index (Phi) is 6.55. The minimum absolute atomic E-state index is 0.00319. The molecule has 0 saturated heterocycles. The van der Waals surface area contributed by atoms with E-state index in [2.05, 4.69) is 0 Å². The van der Waals surface area contributed by atoms with E-state index in [4.69, 9.17) is 16.3 Å². The standard InChI is InChI=1S/C7H11ClO2/c1-2-10-6-4-7(9)3-5-8/h3,5H,2,4,6H2,1H3/b5-3+. The minimum Gasteiger partial charge on any atom is -0.381 e. The summed E-state index contributed by atoms with van der Waals surface area (Å²) in [6, 6.07) is 0. The predicted octanol–water partition coefficient (Wildman–Crippen LogP) is 1.73. The Morgan fingerprint density at radius 1 is 1.70 bits per heavy atom. The molecule has 10 heavy (non-hydrogen) atoms. The second-order valence-corrected chi connectivity index (χ2v) is 1.96. The Bertz CT molecular complexity index is 121. The van der Waals surface area contributed by atoms with Gasteiger partial charge in [0.2, 0.25) is 0 Å². The highest BCUT2D eigenvalue weighted by molar-refractivity contribution is 6.26. The smallest absolute Gasteiger partial charge is 0.158 e. The number of ketones is 1. The fourth-order valence-corrected chi connectivity index (χ4v) is 0.611. The summed E-state index contributed by atoms with van der Waals surface area (Å²) in [5.41, 5.74) is 1.22. The molecule has 0 atom stereocenters. The van der Waals surface area contributed by atoms with Gasteiger partial charge in [-0.05, 0) is 13.0 Å². The van der Waals surface area contributed by atoms with Gasteiger partial charge in [-0.25, -0.2) is 0 Å². The molecule has 0 saturated carbocycles. The van der Waals surface area contributed by atoms with Gasteiger partial charge >= 0.3 is 0 Å². The average molecular weight is 163 g/mol. The van der Waals surface area contributed by atoms with Gasteiger partial charge in [-0.2, -0.15) is 0 Å². The third-order valence-corrected chi connectivity index (χ3v) is 1.07. The number of ether oxygens (including phenoxy) is 1. The van der Waals surface area contributed by atoms with E-state index in [1.54, 1.807) is 0 Å². The highest BCUT2D eigenvalue weighted by Crippen LogP contribution is 1.88. The van der Waals surface area contributed by atoms with E-state index in [1.165, 1.54) is 11.6 Å². The Morgan fingerprint density at radius 3 is 2.90 bits per heavy atom. The highest BCUT2D eigenvalue weighted by Gasteiger charge is 1.93. The Hall–Kier alpha value is -0.340. The van der Waals surface area contributed by atoms with Crippen LogP contribution >= 0.6 is 11.6 Å². The van der Waals surface area contributed by atoms with Crippen LogP contribution in [0, 0.1) is 0 Å². The lowest BCUT2D eigenvalue weighted by atomic mass is 10.3. The van der Waals surface area contributed by atoms with Crippen molar-refractivity contribution < 1.29 is 9.53 Å². The maximum absolute atomic E-state index is 10.7. The molecule has 0 aromatic rings. The van der Waals surface area contributed by atoms with Crippen LogP contribution in [0.3, 0.4) is 0 Å². The highest BCUT2D eigenvalue weighted by atomic mass is 35.5. The predicted molar refractivity (Wildman–Crippen MR) is 41.1 cm³/mol. The average Bonchev–Trinajstić information content (AvgIpc) is 1.89. The molecule has 3 heteroatoms. The van der Waals surface area contributed by atoms with Crippen LogP contribution in [0.4, 0.5) is 0 Å². The van der Waals surface area contributed by atoms with Crippen LogP contribution < -0.4 is 0 Å². The van der Waals surface area contributed by atoms with E-state index in [-0.39, 0.29) is 5.78 Å². The zero-order valence-electron chi connectivity index (χ0n) is 5.97. The Balaban J connectivity index is 3.22. The molecule has 0 unspecified atom stereocenters. The number of rotatable bonds is 5. The van der Waals surface area contributed by atoms with Crippen LogP contribution in [-0.2, 0) is 9.53 Å². The number of carbonyl (C=O) groups is 1. The lowest BCUT2D eigenvalue weighted by Gasteiger charge is -1.95. The third kappa shape index (κ3) is 5.79. The largest absolute Gasteiger partial charge is 0.381 e. The topological polar surface area (TPSA) is 26.3 Å². The number of hydrogen-bond acceptors (Lipinski definition) is 2. The lowest BCUT2D eigenvalue weighted by molar-refractivity contribution is -0.115. The molecule has 0 aliphatic heterocycles. The van der Waals surface area contributed by atoms with Crippen molar-refractivity contribution in [1.82, 2.24) is 0 Å². The molecule has 0 amide bonds. The molecule has 0 fully saturated rings. The van der Waals surface area contributed by atoms with Gasteiger partial charge in [-0.15, -0.1) is 0 Å². The van der Waals surface area contributed by atoms with Crippen molar-refractivity contribution in [2.75, 3.05) is 13.2 Å². The van der Waals surface area contributed by atoms with Crippen LogP contribution in [0.2, 0.25) is 0 Å². The maximum atomic E-state index is 10.7. The normalized spacial score (nSPS) is 10.6. The van der Waals surface area contributed by atoms with Crippen molar-refractivity contribution in [2.45, 2.75) is 13.3 Å². The number of halogens is 1. The van der Waals surface area contributed by atoms with Gasteiger partial charge in [0.25, 0.3) is 0 Å². The van der Waals surface area contributed by atoms with Crippen LogP contribution in [0.1, 0.15) is 13.3 Å². The second kappa shape index (κ2) is 6.78. The number of allylic oxidation sites excluding steroid dienone is 1. The summed E-state index contributed by atoms with van der Waals surface area (Å²) in [5, 5.41) is 0. The van der Waals surface area contributed by atoms with Crippen LogP contribution in [0.25, 0.3) is 0 Å². The van der Waals surface area contributed by atoms with Crippen LogP contribution in [-0.4, -0.2) is 19.0 Å². The summed E-state index contributed by atoms with van der Waals surface area (Å²) in [7, 11) is 0. The number of hydrogen-bond donors (Lipinski definition) is 0. The van der Waals surface area contributed by atoms with Gasteiger partial charge in [0.1, 0.15) is 0 Å². The first-order valence-electron chi connectivity index (χ1n) is 3.18. The van der Waals surface area contributed by atoms with Crippen molar-refractivity contribution in [3.63, 3.8) is 0 Å². The molecule has 0 bridgehead atoms. The molecule has 0 aliphatic carbocycles. The summed E-state index contributed by atoms with van der Waals surface area (Å²) in [4.78, 5) is 10.7.